The van der Waals surface area contributed by atoms with E-state index in [1.165, 1.54) is 7.11 Å². The van der Waals surface area contributed by atoms with Crippen molar-refractivity contribution in [3.05, 3.63) is 23.8 Å². The molecule has 0 aromatic heterocycles. The Hall–Kier alpha value is -1.26. The summed E-state index contributed by atoms with van der Waals surface area (Å²) < 4.78 is 16.2. The standard InChI is InChI=1S/C12H16O4/c1-14-11-8-9(4-5-10(11)13)12-15-6-2-3-7-16-12/h4-5,8,12-13H,2-3,6-7H2,1H3. The van der Waals surface area contributed by atoms with Crippen molar-refractivity contribution in [2.75, 3.05) is 20.3 Å². The van der Waals surface area contributed by atoms with E-state index < -0.39 is 0 Å². The van der Waals surface area contributed by atoms with Gasteiger partial charge in [-0.25, -0.2) is 0 Å². The Morgan fingerprint density at radius 1 is 1.25 bits per heavy atom. The quantitative estimate of drug-likeness (QED) is 0.836. The Morgan fingerprint density at radius 3 is 2.56 bits per heavy atom. The first-order valence-electron chi connectivity index (χ1n) is 5.41. The zero-order chi connectivity index (χ0) is 11.4. The summed E-state index contributed by atoms with van der Waals surface area (Å²) in [6, 6.07) is 5.12. The molecule has 1 aliphatic rings. The van der Waals surface area contributed by atoms with Crippen molar-refractivity contribution in [2.45, 2.75) is 19.1 Å². The normalized spacial score (nSPS) is 18.1. The lowest BCUT2D eigenvalue weighted by atomic mass is 10.2. The molecule has 4 heteroatoms. The van der Waals surface area contributed by atoms with Crippen molar-refractivity contribution in [2.24, 2.45) is 0 Å². The number of hydrogen-bond donors (Lipinski definition) is 1. The molecule has 0 spiro atoms. The largest absolute Gasteiger partial charge is 0.504 e. The summed E-state index contributed by atoms with van der Waals surface area (Å²) in [5.74, 6) is 0.564. The lowest BCUT2D eigenvalue weighted by Gasteiger charge is -2.16. The molecule has 2 rings (SSSR count). The van der Waals surface area contributed by atoms with Crippen molar-refractivity contribution in [1.82, 2.24) is 0 Å². The van der Waals surface area contributed by atoms with Crippen LogP contribution in [0.2, 0.25) is 0 Å². The van der Waals surface area contributed by atoms with Gasteiger partial charge in [0, 0.05) is 5.56 Å². The third-order valence-electron chi connectivity index (χ3n) is 2.55. The maximum absolute atomic E-state index is 9.48. The van der Waals surface area contributed by atoms with Crippen molar-refractivity contribution in [3.63, 3.8) is 0 Å². The van der Waals surface area contributed by atoms with Gasteiger partial charge in [-0.1, -0.05) is 6.07 Å². The van der Waals surface area contributed by atoms with E-state index in [4.69, 9.17) is 14.2 Å². The molecule has 1 heterocycles. The fourth-order valence-corrected chi connectivity index (χ4v) is 1.67. The summed E-state index contributed by atoms with van der Waals surface area (Å²) >= 11 is 0. The third kappa shape index (κ3) is 2.46. The zero-order valence-electron chi connectivity index (χ0n) is 9.31. The Morgan fingerprint density at radius 2 is 1.94 bits per heavy atom. The molecule has 0 saturated carbocycles. The second kappa shape index (κ2) is 5.18. The molecular weight excluding hydrogens is 208 g/mol. The first kappa shape index (κ1) is 11.2. The van der Waals surface area contributed by atoms with Crippen LogP contribution < -0.4 is 4.74 Å². The van der Waals surface area contributed by atoms with Crippen molar-refractivity contribution >= 4 is 0 Å². The highest BCUT2D eigenvalue weighted by Gasteiger charge is 2.16. The molecule has 1 aromatic carbocycles. The highest BCUT2D eigenvalue weighted by atomic mass is 16.7. The van der Waals surface area contributed by atoms with E-state index in [0.29, 0.717) is 19.0 Å². The second-order valence-corrected chi connectivity index (χ2v) is 3.71. The van der Waals surface area contributed by atoms with Crippen LogP contribution in [-0.4, -0.2) is 25.4 Å². The van der Waals surface area contributed by atoms with E-state index in [9.17, 15) is 5.11 Å². The van der Waals surface area contributed by atoms with Gasteiger partial charge in [0.2, 0.25) is 0 Å². The second-order valence-electron chi connectivity index (χ2n) is 3.71. The van der Waals surface area contributed by atoms with Crippen molar-refractivity contribution < 1.29 is 19.3 Å². The summed E-state index contributed by atoms with van der Waals surface area (Å²) in [5.41, 5.74) is 0.872. The summed E-state index contributed by atoms with van der Waals surface area (Å²) in [6.45, 7) is 1.40. The Kier molecular flexibility index (Phi) is 3.64. The average molecular weight is 224 g/mol. The number of rotatable bonds is 2. The molecule has 0 aliphatic carbocycles. The highest BCUT2D eigenvalue weighted by Crippen LogP contribution is 2.31. The summed E-state index contributed by atoms with van der Waals surface area (Å²) in [4.78, 5) is 0. The van der Waals surface area contributed by atoms with Gasteiger partial charge in [0.25, 0.3) is 0 Å². The molecular formula is C12H16O4. The predicted molar refractivity (Wildman–Crippen MR) is 58.5 cm³/mol. The summed E-state index contributed by atoms with van der Waals surface area (Å²) in [7, 11) is 1.52. The van der Waals surface area contributed by atoms with E-state index in [2.05, 4.69) is 0 Å². The Balaban J connectivity index is 2.18. The van der Waals surface area contributed by atoms with Crippen molar-refractivity contribution in [1.29, 1.82) is 0 Å². The minimum Gasteiger partial charge on any atom is -0.504 e. The van der Waals surface area contributed by atoms with Gasteiger partial charge >= 0.3 is 0 Å². The van der Waals surface area contributed by atoms with Gasteiger partial charge in [0.05, 0.1) is 20.3 Å². The molecule has 0 radical (unpaired) electrons. The number of benzene rings is 1. The van der Waals surface area contributed by atoms with Gasteiger partial charge in [0.1, 0.15) is 0 Å². The van der Waals surface area contributed by atoms with Gasteiger partial charge in [-0.05, 0) is 25.0 Å². The molecule has 1 aliphatic heterocycles. The average Bonchev–Trinajstić information content (AvgIpc) is 2.58. The van der Waals surface area contributed by atoms with Crippen LogP contribution in [0.3, 0.4) is 0 Å². The van der Waals surface area contributed by atoms with Gasteiger partial charge in [-0.3, -0.25) is 0 Å². The molecule has 0 unspecified atom stereocenters. The fraction of sp³-hybridized carbons (Fsp3) is 0.500. The van der Waals surface area contributed by atoms with Crippen LogP contribution in [0, 0.1) is 0 Å². The molecule has 1 fully saturated rings. The van der Waals surface area contributed by atoms with Crippen LogP contribution >= 0.6 is 0 Å². The van der Waals surface area contributed by atoms with Crippen LogP contribution in [0.5, 0.6) is 11.5 Å². The molecule has 88 valence electrons. The monoisotopic (exact) mass is 224 g/mol. The van der Waals surface area contributed by atoms with Gasteiger partial charge < -0.3 is 19.3 Å². The number of methoxy groups -OCH3 is 1. The van der Waals surface area contributed by atoms with Gasteiger partial charge in [0.15, 0.2) is 17.8 Å². The fourth-order valence-electron chi connectivity index (χ4n) is 1.67. The SMILES string of the molecule is COc1cc(C2OCCCCO2)ccc1O. The minimum absolute atomic E-state index is 0.125. The van der Waals surface area contributed by atoms with Gasteiger partial charge in [-0.2, -0.15) is 0 Å². The Labute approximate surface area is 94.8 Å². The molecule has 1 N–H and O–H groups in total. The van der Waals surface area contributed by atoms with Crippen LogP contribution in [0.15, 0.2) is 18.2 Å². The van der Waals surface area contributed by atoms with E-state index >= 15 is 0 Å². The lowest BCUT2D eigenvalue weighted by Crippen LogP contribution is -2.06. The maximum Gasteiger partial charge on any atom is 0.183 e. The topological polar surface area (TPSA) is 47.9 Å². The number of aromatic hydroxyl groups is 1. The maximum atomic E-state index is 9.48. The van der Waals surface area contributed by atoms with Crippen LogP contribution in [0.25, 0.3) is 0 Å². The molecule has 0 atom stereocenters. The Bertz CT molecular complexity index is 343. The van der Waals surface area contributed by atoms with Gasteiger partial charge in [-0.15, -0.1) is 0 Å². The predicted octanol–water partition coefficient (Wildman–Crippen LogP) is 2.23. The minimum atomic E-state index is -0.350. The number of hydrogen-bond acceptors (Lipinski definition) is 4. The lowest BCUT2D eigenvalue weighted by molar-refractivity contribution is -0.130. The summed E-state index contributed by atoms with van der Waals surface area (Å²) in [6.07, 6.45) is 1.69. The van der Waals surface area contributed by atoms with E-state index in [1.807, 2.05) is 0 Å². The molecule has 16 heavy (non-hydrogen) atoms. The first-order chi connectivity index (χ1) is 7.81. The van der Waals surface area contributed by atoms with E-state index in [1.54, 1.807) is 18.2 Å². The van der Waals surface area contributed by atoms with E-state index in [-0.39, 0.29) is 12.0 Å². The number of ether oxygens (including phenoxy) is 3. The molecule has 0 bridgehead atoms. The zero-order valence-corrected chi connectivity index (χ0v) is 9.31. The van der Waals surface area contributed by atoms with Crippen molar-refractivity contribution in [3.8, 4) is 11.5 Å². The summed E-state index contributed by atoms with van der Waals surface area (Å²) in [5, 5.41) is 9.48. The number of phenolic OH excluding ortho intramolecular Hbond substituents is 1. The highest BCUT2D eigenvalue weighted by molar-refractivity contribution is 5.42. The smallest absolute Gasteiger partial charge is 0.183 e. The van der Waals surface area contributed by atoms with E-state index in [0.717, 1.165) is 18.4 Å². The molecule has 4 nitrogen and oxygen atoms in total. The number of phenols is 1. The molecule has 1 saturated heterocycles. The van der Waals surface area contributed by atoms with Crippen LogP contribution in [0.1, 0.15) is 24.7 Å². The van der Waals surface area contributed by atoms with Crippen LogP contribution in [-0.2, 0) is 9.47 Å². The third-order valence-corrected chi connectivity index (χ3v) is 2.55. The van der Waals surface area contributed by atoms with Crippen LogP contribution in [0.4, 0.5) is 0 Å². The molecule has 1 aromatic rings. The first-order valence-corrected chi connectivity index (χ1v) is 5.41. The molecule has 0 amide bonds.